The van der Waals surface area contributed by atoms with Gasteiger partial charge >= 0.3 is 0 Å². The van der Waals surface area contributed by atoms with Crippen molar-refractivity contribution in [3.8, 4) is 45.0 Å². The average Bonchev–Trinajstić information content (AvgIpc) is 1.47. The molecule has 12 nitrogen and oxygen atoms in total. The molecular weight excluding hydrogens is 1350 g/mol. The van der Waals surface area contributed by atoms with E-state index in [1.165, 1.54) is 89.5 Å². The van der Waals surface area contributed by atoms with Crippen molar-refractivity contribution in [3.63, 3.8) is 0 Å². The van der Waals surface area contributed by atoms with Crippen molar-refractivity contribution in [3.05, 3.63) is 236 Å². The van der Waals surface area contributed by atoms with Gasteiger partial charge in [0.1, 0.15) is 28.2 Å². The number of aryl methyl sites for hydroxylation is 14. The van der Waals surface area contributed by atoms with E-state index in [2.05, 4.69) is 345 Å². The number of rotatable bonds is 12. The molecule has 0 saturated heterocycles. The first-order valence-electron chi connectivity index (χ1n) is 39.7. The molecule has 0 aliphatic rings. The van der Waals surface area contributed by atoms with E-state index in [9.17, 15) is 0 Å². The molecule has 0 saturated carbocycles. The maximum atomic E-state index is 6.36. The van der Waals surface area contributed by atoms with Crippen molar-refractivity contribution in [2.24, 2.45) is 28.2 Å². The molecule has 4 aromatic carbocycles. The molecule has 0 atom stereocenters. The first kappa shape index (κ1) is 77.4. The first-order chi connectivity index (χ1) is 52.3. The summed E-state index contributed by atoms with van der Waals surface area (Å²) in [6.07, 6.45) is 10.8. The van der Waals surface area contributed by atoms with E-state index in [1.807, 2.05) is 0 Å². The molecular formula is C98H112N8O4+4. The zero-order valence-corrected chi connectivity index (χ0v) is 69.9. The zero-order chi connectivity index (χ0) is 78.9. The molecule has 16 aromatic rings. The van der Waals surface area contributed by atoms with Gasteiger partial charge in [0.15, 0.2) is 47.1 Å². The minimum absolute atomic E-state index is 0.378. The zero-order valence-electron chi connectivity index (χ0n) is 69.9. The molecule has 0 aliphatic heterocycles. The lowest BCUT2D eigenvalue weighted by Gasteiger charge is -2.11. The Kier molecular flexibility index (Phi) is 21.8. The fourth-order valence-corrected chi connectivity index (χ4v) is 16.2. The average molecular weight is 1470 g/mol. The van der Waals surface area contributed by atoms with Gasteiger partial charge < -0.3 is 17.7 Å². The number of benzene rings is 4. The van der Waals surface area contributed by atoms with E-state index in [1.54, 1.807) is 0 Å². The van der Waals surface area contributed by atoms with Gasteiger partial charge in [0.25, 0.3) is 0 Å². The summed E-state index contributed by atoms with van der Waals surface area (Å²) in [5, 5.41) is 8.85. The predicted molar refractivity (Wildman–Crippen MR) is 454 cm³/mol. The molecule has 12 aromatic heterocycles. The minimum atomic E-state index is 0.378. The third-order valence-electron chi connectivity index (χ3n) is 22.5. The van der Waals surface area contributed by atoms with Gasteiger partial charge in [-0.1, -0.05) is 145 Å². The summed E-state index contributed by atoms with van der Waals surface area (Å²) in [5.41, 5.74) is 35.8. The van der Waals surface area contributed by atoms with Crippen LogP contribution in [0.5, 0.6) is 0 Å². The van der Waals surface area contributed by atoms with Crippen LogP contribution < -0.4 is 18.3 Å². The minimum Gasteiger partial charge on any atom is -0.437 e. The van der Waals surface area contributed by atoms with E-state index in [0.29, 0.717) is 35.5 Å². The van der Waals surface area contributed by atoms with Crippen LogP contribution in [0.15, 0.2) is 164 Å². The van der Waals surface area contributed by atoms with Crippen molar-refractivity contribution in [2.45, 2.75) is 201 Å². The van der Waals surface area contributed by atoms with E-state index in [-0.39, 0.29) is 0 Å². The summed E-state index contributed by atoms with van der Waals surface area (Å²) < 4.78 is 34.2. The summed E-state index contributed by atoms with van der Waals surface area (Å²) in [7, 11) is 8.48. The van der Waals surface area contributed by atoms with Gasteiger partial charge in [-0.3, -0.25) is 0 Å². The highest BCUT2D eigenvalue weighted by molar-refractivity contribution is 6.12. The molecule has 0 radical (unpaired) electrons. The van der Waals surface area contributed by atoms with E-state index in [0.717, 1.165) is 146 Å². The van der Waals surface area contributed by atoms with Crippen LogP contribution in [0.1, 0.15) is 222 Å². The Morgan fingerprint density at radius 2 is 0.482 bits per heavy atom. The van der Waals surface area contributed by atoms with E-state index < -0.39 is 0 Å². The van der Waals surface area contributed by atoms with Crippen LogP contribution in [0.2, 0.25) is 0 Å². The Hall–Kier alpha value is -10.7. The SMILES string of the molecule is CCc1ccc2c(n1)oc1c(-c3cc(C)c(C(C)C)c[n+]3C)c(C)ccc12.CCc1ccc2c(n1)oc1c(-c3cc(C)c(C(C)C)c[n+]3C)c(C)ccc12.Cc1cc(-c2c(C)ccc3c2oc2nc(C(C)C)ccc23)[n+](C)cc1C(C)C.Cc1cc(-c2c(C)ccc3c2oc2nc(C(C)C)ccc23)[n+](C)cc1C(C)C. The standard InChI is InChI=1S/2C25H29N2O.2C24H27N2O/c2*1-14(2)20-13-27(7)22(12-17(20)6)23-16(5)8-9-18-19-10-11-21(15(3)4)26-25(19)28-24(18)23;2*1-7-17-9-11-19-18-10-8-15(4)22(23(18)27-24(19)25-17)21-12-16(5)20(14(2)3)13-26(21)6/h2*8-15H,1-7H3;2*8-14H,7H2,1-6H3/q4*+1. The second-order valence-corrected chi connectivity index (χ2v) is 32.7. The smallest absolute Gasteiger partial charge is 0.227 e. The number of furan rings is 4. The molecule has 0 N–H and O–H groups in total. The fraction of sp³-hybridized carbons (Fsp3) is 0.347. The molecule has 110 heavy (non-hydrogen) atoms. The molecule has 0 unspecified atom stereocenters. The Balaban J connectivity index is 0.000000129. The normalized spacial score (nSPS) is 11.9. The highest BCUT2D eigenvalue weighted by Crippen LogP contribution is 2.43. The quantitative estimate of drug-likeness (QED) is 0.111. The Labute approximate surface area is 649 Å². The van der Waals surface area contributed by atoms with Crippen molar-refractivity contribution < 1.29 is 35.9 Å². The Morgan fingerprint density at radius 3 is 0.700 bits per heavy atom. The molecule has 564 valence electrons. The summed E-state index contributed by atoms with van der Waals surface area (Å²) in [4.78, 5) is 19.0. The second-order valence-electron chi connectivity index (χ2n) is 32.7. The van der Waals surface area contributed by atoms with Crippen LogP contribution in [-0.4, -0.2) is 19.9 Å². The van der Waals surface area contributed by atoms with Crippen molar-refractivity contribution >= 4 is 88.3 Å². The topological polar surface area (TPSA) is 120 Å². The number of hydrogen-bond acceptors (Lipinski definition) is 8. The van der Waals surface area contributed by atoms with E-state index in [4.69, 9.17) is 37.6 Å². The van der Waals surface area contributed by atoms with Crippen LogP contribution in [0.4, 0.5) is 0 Å². The molecule has 0 bridgehead atoms. The van der Waals surface area contributed by atoms with Gasteiger partial charge in [0.05, 0.1) is 22.3 Å². The molecule has 16 rings (SSSR count). The molecule has 0 spiro atoms. The highest BCUT2D eigenvalue weighted by Gasteiger charge is 2.29. The lowest BCUT2D eigenvalue weighted by Crippen LogP contribution is -2.32. The van der Waals surface area contributed by atoms with Crippen LogP contribution in [-0.2, 0) is 41.0 Å². The number of pyridine rings is 8. The van der Waals surface area contributed by atoms with Crippen LogP contribution >= 0.6 is 0 Å². The number of aromatic nitrogens is 8. The Morgan fingerprint density at radius 1 is 0.264 bits per heavy atom. The molecule has 0 fully saturated rings. The number of fused-ring (bicyclic) bond motifs is 12. The van der Waals surface area contributed by atoms with E-state index >= 15 is 0 Å². The van der Waals surface area contributed by atoms with Gasteiger partial charge in [0.2, 0.25) is 45.6 Å². The van der Waals surface area contributed by atoms with Gasteiger partial charge in [-0.2, -0.15) is 0 Å². The lowest BCUT2D eigenvalue weighted by atomic mass is 9.95. The highest BCUT2D eigenvalue weighted by atomic mass is 16.4. The van der Waals surface area contributed by atoms with Crippen molar-refractivity contribution in [1.29, 1.82) is 0 Å². The van der Waals surface area contributed by atoms with Crippen molar-refractivity contribution in [2.75, 3.05) is 0 Å². The maximum Gasteiger partial charge on any atom is 0.227 e. The molecule has 12 heterocycles. The van der Waals surface area contributed by atoms with Gasteiger partial charge in [-0.15, -0.1) is 0 Å². The third-order valence-corrected chi connectivity index (χ3v) is 22.5. The largest absolute Gasteiger partial charge is 0.437 e. The van der Waals surface area contributed by atoms with Crippen LogP contribution in [0.25, 0.3) is 133 Å². The van der Waals surface area contributed by atoms with Crippen molar-refractivity contribution in [1.82, 2.24) is 19.9 Å². The monoisotopic (exact) mass is 1460 g/mol. The maximum absolute atomic E-state index is 6.36. The van der Waals surface area contributed by atoms with Gasteiger partial charge in [-0.25, -0.2) is 38.2 Å². The summed E-state index contributed by atoms with van der Waals surface area (Å²) in [6, 6.07) is 43.5. The van der Waals surface area contributed by atoms with Crippen LogP contribution in [0.3, 0.4) is 0 Å². The van der Waals surface area contributed by atoms with Crippen LogP contribution in [0, 0.1) is 55.4 Å². The Bertz CT molecular complexity index is 5870. The molecule has 12 heteroatoms. The lowest BCUT2D eigenvalue weighted by molar-refractivity contribution is -0.661. The van der Waals surface area contributed by atoms with Gasteiger partial charge in [0, 0.05) is 112 Å². The summed E-state index contributed by atoms with van der Waals surface area (Å²) in [6.45, 7) is 48.2. The fourth-order valence-electron chi connectivity index (χ4n) is 16.2. The summed E-state index contributed by atoms with van der Waals surface area (Å²) >= 11 is 0. The van der Waals surface area contributed by atoms with Gasteiger partial charge in [-0.05, 0) is 197 Å². The second kappa shape index (κ2) is 31.0. The summed E-state index contributed by atoms with van der Waals surface area (Å²) in [5.74, 6) is 2.77. The molecule has 0 amide bonds. The first-order valence-corrected chi connectivity index (χ1v) is 39.7. The third kappa shape index (κ3) is 14.5. The predicted octanol–water partition coefficient (Wildman–Crippen LogP) is 24.2. The molecule has 0 aliphatic carbocycles. The number of nitrogens with zero attached hydrogens (tertiary/aromatic N) is 8. The number of hydrogen-bond donors (Lipinski definition) is 0.